The second-order valence-electron chi connectivity index (χ2n) is 3.96. The minimum Gasteiger partial charge on any atom is -0.207 e. The van der Waals surface area contributed by atoms with E-state index >= 15 is 0 Å². The number of halogens is 3. The summed E-state index contributed by atoms with van der Waals surface area (Å²) in [6.45, 7) is 3.78. The van der Waals surface area contributed by atoms with E-state index in [4.69, 9.17) is 11.6 Å². The Labute approximate surface area is 118 Å². The number of aryl methyl sites for hydroxylation is 2. The fraction of sp³-hybridized carbons (Fsp3) is 0.231. The van der Waals surface area contributed by atoms with E-state index in [1.54, 1.807) is 11.3 Å². The van der Waals surface area contributed by atoms with Gasteiger partial charge in [-0.25, -0.2) is 4.39 Å². The smallest absolute Gasteiger partial charge is 0.123 e. The Balaban J connectivity index is 2.47. The first-order valence-electron chi connectivity index (χ1n) is 5.15. The van der Waals surface area contributed by atoms with Crippen molar-refractivity contribution in [1.29, 1.82) is 0 Å². The molecular weight excluding hydrogens is 323 g/mol. The van der Waals surface area contributed by atoms with Crippen molar-refractivity contribution in [3.05, 3.63) is 55.4 Å². The molecule has 90 valence electrons. The van der Waals surface area contributed by atoms with Crippen LogP contribution in [0.5, 0.6) is 0 Å². The molecule has 4 heteroatoms. The summed E-state index contributed by atoms with van der Waals surface area (Å²) < 4.78 is 14.3. The summed E-state index contributed by atoms with van der Waals surface area (Å²) in [6.07, 6.45) is 0. The summed E-state index contributed by atoms with van der Waals surface area (Å²) in [5.41, 5.74) is 2.79. The molecule has 0 aliphatic heterocycles. The highest BCUT2D eigenvalue weighted by Gasteiger charge is 2.18. The van der Waals surface area contributed by atoms with Crippen LogP contribution in [0.2, 0.25) is 0 Å². The third-order valence-electron chi connectivity index (χ3n) is 2.66. The summed E-state index contributed by atoms with van der Waals surface area (Å²) in [4.78, 5) is 1.07. The molecule has 0 saturated carbocycles. The van der Waals surface area contributed by atoms with Gasteiger partial charge in [0.1, 0.15) is 5.82 Å². The Hall–Kier alpha value is -0.380. The van der Waals surface area contributed by atoms with Crippen LogP contribution >= 0.6 is 38.9 Å². The van der Waals surface area contributed by atoms with E-state index in [1.165, 1.54) is 12.1 Å². The molecule has 0 aliphatic carbocycles. The Morgan fingerprint density at radius 2 is 1.82 bits per heavy atom. The van der Waals surface area contributed by atoms with E-state index in [2.05, 4.69) is 15.9 Å². The molecule has 0 bridgehead atoms. The second kappa shape index (κ2) is 5.09. The molecule has 0 aliphatic rings. The lowest BCUT2D eigenvalue weighted by atomic mass is 9.99. The molecule has 1 unspecified atom stereocenters. The molecule has 2 rings (SSSR count). The van der Waals surface area contributed by atoms with Crippen molar-refractivity contribution in [3.8, 4) is 0 Å². The number of hydrogen-bond acceptors (Lipinski definition) is 1. The Morgan fingerprint density at radius 3 is 2.29 bits per heavy atom. The van der Waals surface area contributed by atoms with Crippen molar-refractivity contribution in [1.82, 2.24) is 0 Å². The van der Waals surface area contributed by atoms with Gasteiger partial charge in [0.2, 0.25) is 0 Å². The zero-order valence-electron chi connectivity index (χ0n) is 9.43. The van der Waals surface area contributed by atoms with Gasteiger partial charge in [0, 0.05) is 4.88 Å². The molecule has 1 aromatic carbocycles. The third kappa shape index (κ3) is 2.72. The number of thiophene rings is 1. The molecule has 0 N–H and O–H groups in total. The fourth-order valence-electron chi connectivity index (χ4n) is 1.93. The van der Waals surface area contributed by atoms with E-state index in [9.17, 15) is 4.39 Å². The summed E-state index contributed by atoms with van der Waals surface area (Å²) in [6, 6.07) is 7.03. The van der Waals surface area contributed by atoms with Gasteiger partial charge >= 0.3 is 0 Å². The SMILES string of the molecule is Cc1cc(F)cc(C)c1C(Cl)c1ccc(Br)s1. The van der Waals surface area contributed by atoms with E-state index < -0.39 is 0 Å². The van der Waals surface area contributed by atoms with E-state index in [-0.39, 0.29) is 11.2 Å². The zero-order chi connectivity index (χ0) is 12.6. The van der Waals surface area contributed by atoms with Gasteiger partial charge in [-0.15, -0.1) is 22.9 Å². The first-order valence-corrected chi connectivity index (χ1v) is 7.19. The van der Waals surface area contributed by atoms with E-state index in [0.717, 1.165) is 25.4 Å². The quantitative estimate of drug-likeness (QED) is 0.628. The molecule has 2 aromatic rings. The first kappa shape index (κ1) is 13.1. The van der Waals surface area contributed by atoms with Crippen molar-refractivity contribution in [2.45, 2.75) is 19.2 Å². The Morgan fingerprint density at radius 1 is 1.24 bits per heavy atom. The molecule has 0 saturated heterocycles. The summed E-state index contributed by atoms with van der Waals surface area (Å²) in [5.74, 6) is -0.208. The monoisotopic (exact) mass is 332 g/mol. The van der Waals surface area contributed by atoms with Gasteiger partial charge < -0.3 is 0 Å². The fourth-order valence-corrected chi connectivity index (χ4v) is 3.89. The van der Waals surface area contributed by atoms with Crippen LogP contribution < -0.4 is 0 Å². The highest BCUT2D eigenvalue weighted by atomic mass is 79.9. The van der Waals surface area contributed by atoms with Crippen molar-refractivity contribution in [2.24, 2.45) is 0 Å². The molecule has 0 fully saturated rings. The van der Waals surface area contributed by atoms with Crippen LogP contribution in [0.15, 0.2) is 28.1 Å². The van der Waals surface area contributed by atoms with Gasteiger partial charge in [-0.2, -0.15) is 0 Å². The van der Waals surface area contributed by atoms with Crippen LogP contribution in [0.1, 0.15) is 26.9 Å². The average molecular weight is 334 g/mol. The van der Waals surface area contributed by atoms with Crippen molar-refractivity contribution in [3.63, 3.8) is 0 Å². The number of rotatable bonds is 2. The van der Waals surface area contributed by atoms with Crippen LogP contribution in [0.4, 0.5) is 4.39 Å². The van der Waals surface area contributed by atoms with Gasteiger partial charge in [0.25, 0.3) is 0 Å². The Bertz CT molecular complexity index is 527. The second-order valence-corrected chi connectivity index (χ2v) is 6.89. The highest BCUT2D eigenvalue weighted by molar-refractivity contribution is 9.11. The number of benzene rings is 1. The first-order chi connectivity index (χ1) is 7.99. The van der Waals surface area contributed by atoms with Gasteiger partial charge in [-0.1, -0.05) is 0 Å². The third-order valence-corrected chi connectivity index (χ3v) is 4.93. The standard InChI is InChI=1S/C13H11BrClFS/c1-7-5-9(16)6-8(2)12(7)13(15)10-3-4-11(14)17-10/h3-6,13H,1-2H3. The maximum atomic E-state index is 13.2. The van der Waals surface area contributed by atoms with Crippen LogP contribution in [0.25, 0.3) is 0 Å². The highest BCUT2D eigenvalue weighted by Crippen LogP contribution is 2.38. The molecule has 0 amide bonds. The van der Waals surface area contributed by atoms with E-state index in [0.29, 0.717) is 0 Å². The molecule has 1 aromatic heterocycles. The normalized spacial score (nSPS) is 12.8. The van der Waals surface area contributed by atoms with Gasteiger partial charge in [0.15, 0.2) is 0 Å². The maximum absolute atomic E-state index is 13.2. The molecule has 0 nitrogen and oxygen atoms in total. The lowest BCUT2D eigenvalue weighted by Gasteiger charge is -2.14. The summed E-state index contributed by atoms with van der Waals surface area (Å²) >= 11 is 11.5. The van der Waals surface area contributed by atoms with E-state index in [1.807, 2.05) is 26.0 Å². The minimum atomic E-state index is -0.216. The van der Waals surface area contributed by atoms with Crippen molar-refractivity contribution >= 4 is 38.9 Å². The van der Waals surface area contributed by atoms with Crippen LogP contribution in [-0.4, -0.2) is 0 Å². The largest absolute Gasteiger partial charge is 0.207 e. The van der Waals surface area contributed by atoms with Crippen molar-refractivity contribution in [2.75, 3.05) is 0 Å². The zero-order valence-corrected chi connectivity index (χ0v) is 12.6. The van der Waals surface area contributed by atoms with Crippen LogP contribution in [0, 0.1) is 19.7 Å². The predicted octanol–water partition coefficient (Wildman–Crippen LogP) is 5.59. The Kier molecular flexibility index (Phi) is 3.91. The van der Waals surface area contributed by atoms with Crippen LogP contribution in [0.3, 0.4) is 0 Å². The maximum Gasteiger partial charge on any atom is 0.123 e. The summed E-state index contributed by atoms with van der Waals surface area (Å²) in [5, 5.41) is -0.216. The molecule has 0 spiro atoms. The van der Waals surface area contributed by atoms with Gasteiger partial charge in [-0.3, -0.25) is 0 Å². The molecule has 0 radical (unpaired) electrons. The van der Waals surface area contributed by atoms with Crippen LogP contribution in [-0.2, 0) is 0 Å². The predicted molar refractivity (Wildman–Crippen MR) is 75.6 cm³/mol. The molecule has 17 heavy (non-hydrogen) atoms. The average Bonchev–Trinajstić information content (AvgIpc) is 2.63. The van der Waals surface area contributed by atoms with Crippen molar-refractivity contribution < 1.29 is 4.39 Å². The number of alkyl halides is 1. The lowest BCUT2D eigenvalue weighted by Crippen LogP contribution is -1.99. The minimum absolute atomic E-state index is 0.208. The van der Waals surface area contributed by atoms with Gasteiger partial charge in [-0.05, 0) is 70.7 Å². The van der Waals surface area contributed by atoms with Gasteiger partial charge in [0.05, 0.1) is 9.16 Å². The topological polar surface area (TPSA) is 0 Å². The lowest BCUT2D eigenvalue weighted by molar-refractivity contribution is 0.624. The molecular formula is C13H11BrClFS. The molecule has 1 atom stereocenters. The number of hydrogen-bond donors (Lipinski definition) is 0. The molecule has 1 heterocycles. The summed E-state index contributed by atoms with van der Waals surface area (Å²) in [7, 11) is 0.